The van der Waals surface area contributed by atoms with Crippen molar-refractivity contribution < 1.29 is 0 Å². The van der Waals surface area contributed by atoms with Crippen LogP contribution >= 0.6 is 11.3 Å². The summed E-state index contributed by atoms with van der Waals surface area (Å²) in [6, 6.07) is 21.1. The number of imidazole rings is 1. The monoisotopic (exact) mass is 465 g/mol. The fourth-order valence-corrected chi connectivity index (χ4v) is 5.23. The van der Waals surface area contributed by atoms with Crippen LogP contribution in [0.2, 0.25) is 0 Å². The lowest BCUT2D eigenvalue weighted by molar-refractivity contribution is 0.659. The molecule has 4 aromatic heterocycles. The third-order valence-corrected chi connectivity index (χ3v) is 6.96. The molecular weight excluding hydrogens is 442 g/mol. The number of anilines is 3. The molecule has 168 valence electrons. The van der Waals surface area contributed by atoms with Gasteiger partial charge in [-0.15, -0.1) is 11.3 Å². The quantitative estimate of drug-likeness (QED) is 0.288. The van der Waals surface area contributed by atoms with Crippen molar-refractivity contribution in [3.05, 3.63) is 97.5 Å². The Balaban J connectivity index is 1.29. The predicted molar refractivity (Wildman–Crippen MR) is 139 cm³/mol. The molecule has 8 heteroatoms. The first-order chi connectivity index (χ1) is 16.8. The zero-order valence-corrected chi connectivity index (χ0v) is 19.2. The van der Waals surface area contributed by atoms with Crippen LogP contribution in [0, 0.1) is 0 Å². The van der Waals surface area contributed by atoms with Crippen LogP contribution in [0.5, 0.6) is 0 Å². The number of rotatable bonds is 8. The van der Waals surface area contributed by atoms with E-state index in [9.17, 15) is 0 Å². The molecule has 4 heterocycles. The lowest BCUT2D eigenvalue weighted by Crippen LogP contribution is -2.28. The molecule has 2 N–H and O–H groups in total. The molecule has 0 radical (unpaired) electrons. The molecule has 0 aliphatic heterocycles. The summed E-state index contributed by atoms with van der Waals surface area (Å²) in [4.78, 5) is 16.6. The summed E-state index contributed by atoms with van der Waals surface area (Å²) < 4.78 is 3.07. The summed E-state index contributed by atoms with van der Waals surface area (Å²) in [5, 5.41) is 8.00. The van der Waals surface area contributed by atoms with Gasteiger partial charge in [-0.25, -0.2) is 19.6 Å². The normalized spacial score (nSPS) is 11.3. The molecule has 0 aliphatic rings. The van der Waals surface area contributed by atoms with E-state index in [4.69, 9.17) is 0 Å². The average molecular weight is 466 g/mol. The SMILES string of the molecule is c1ccc(CCCN(c2cc3ncnc(Nc4ccc5[nH]ccc5c4)c3s2)n2ccnc2)cc1. The van der Waals surface area contributed by atoms with Crippen molar-refractivity contribution >= 4 is 49.0 Å². The molecule has 34 heavy (non-hydrogen) atoms. The Labute approximate surface area is 200 Å². The number of hydrogen-bond acceptors (Lipinski definition) is 6. The minimum absolute atomic E-state index is 0.811. The van der Waals surface area contributed by atoms with Gasteiger partial charge in [0.1, 0.15) is 17.7 Å². The molecule has 0 aliphatic carbocycles. The molecule has 2 aromatic carbocycles. The maximum atomic E-state index is 4.55. The van der Waals surface area contributed by atoms with Crippen LogP contribution in [0.4, 0.5) is 16.5 Å². The fraction of sp³-hybridized carbons (Fsp3) is 0.115. The molecule has 7 nitrogen and oxygen atoms in total. The molecular formula is C26H23N7S. The van der Waals surface area contributed by atoms with E-state index in [1.165, 1.54) is 5.56 Å². The molecule has 0 amide bonds. The summed E-state index contributed by atoms with van der Waals surface area (Å²) >= 11 is 1.68. The minimum atomic E-state index is 0.811. The number of hydrogen-bond donors (Lipinski definition) is 2. The summed E-state index contributed by atoms with van der Waals surface area (Å²) in [5.41, 5.74) is 4.38. The average Bonchev–Trinajstić information content (AvgIpc) is 3.63. The third kappa shape index (κ3) is 4.11. The molecule has 0 saturated heterocycles. The van der Waals surface area contributed by atoms with Gasteiger partial charge in [-0.2, -0.15) is 0 Å². The number of nitrogens with one attached hydrogen (secondary N) is 2. The predicted octanol–water partition coefficient (Wildman–Crippen LogP) is 6.02. The Morgan fingerprint density at radius 1 is 1.03 bits per heavy atom. The van der Waals surface area contributed by atoms with Crippen molar-refractivity contribution in [1.82, 2.24) is 24.6 Å². The summed E-state index contributed by atoms with van der Waals surface area (Å²) in [5.74, 6) is 0.811. The van der Waals surface area contributed by atoms with Gasteiger partial charge < -0.3 is 10.3 Å². The number of aromatic amines is 1. The van der Waals surface area contributed by atoms with Crippen molar-refractivity contribution in [3.8, 4) is 0 Å². The van der Waals surface area contributed by atoms with Crippen molar-refractivity contribution in [2.24, 2.45) is 0 Å². The van der Waals surface area contributed by atoms with Gasteiger partial charge in [0.2, 0.25) is 0 Å². The number of aromatic nitrogens is 5. The number of H-pyrrole nitrogens is 1. The van der Waals surface area contributed by atoms with Gasteiger partial charge in [0.25, 0.3) is 0 Å². The highest BCUT2D eigenvalue weighted by atomic mass is 32.1. The van der Waals surface area contributed by atoms with Crippen LogP contribution < -0.4 is 10.3 Å². The molecule has 6 aromatic rings. The van der Waals surface area contributed by atoms with E-state index < -0.39 is 0 Å². The number of nitrogens with zero attached hydrogens (tertiary/aromatic N) is 5. The second-order valence-corrected chi connectivity index (χ2v) is 9.11. The van der Waals surface area contributed by atoms with Gasteiger partial charge in [0.05, 0.1) is 10.2 Å². The lowest BCUT2D eigenvalue weighted by atomic mass is 10.1. The minimum Gasteiger partial charge on any atom is -0.361 e. The first-order valence-electron chi connectivity index (χ1n) is 11.2. The van der Waals surface area contributed by atoms with E-state index in [1.807, 2.05) is 29.6 Å². The third-order valence-electron chi connectivity index (χ3n) is 5.82. The highest BCUT2D eigenvalue weighted by molar-refractivity contribution is 7.23. The van der Waals surface area contributed by atoms with Crippen LogP contribution in [0.1, 0.15) is 12.0 Å². The topological polar surface area (TPSA) is 74.7 Å². The Kier molecular flexibility index (Phi) is 5.41. The Morgan fingerprint density at radius 3 is 2.85 bits per heavy atom. The van der Waals surface area contributed by atoms with Crippen molar-refractivity contribution in [2.75, 3.05) is 16.9 Å². The van der Waals surface area contributed by atoms with E-state index in [1.54, 1.807) is 17.7 Å². The zero-order chi connectivity index (χ0) is 22.7. The van der Waals surface area contributed by atoms with Gasteiger partial charge in [-0.3, -0.25) is 5.01 Å². The largest absolute Gasteiger partial charge is 0.361 e. The zero-order valence-electron chi connectivity index (χ0n) is 18.4. The molecule has 0 spiro atoms. The van der Waals surface area contributed by atoms with E-state index in [0.29, 0.717) is 0 Å². The van der Waals surface area contributed by atoms with Crippen molar-refractivity contribution in [2.45, 2.75) is 12.8 Å². The number of aryl methyl sites for hydroxylation is 1. The molecule has 0 saturated carbocycles. The Bertz CT molecular complexity index is 1520. The van der Waals surface area contributed by atoms with Gasteiger partial charge in [0.15, 0.2) is 5.82 Å². The van der Waals surface area contributed by atoms with Crippen molar-refractivity contribution in [1.29, 1.82) is 0 Å². The first kappa shape index (κ1) is 20.4. The van der Waals surface area contributed by atoms with Crippen LogP contribution in [0.15, 0.2) is 91.9 Å². The van der Waals surface area contributed by atoms with Gasteiger partial charge in [0, 0.05) is 47.8 Å². The number of benzene rings is 2. The maximum Gasteiger partial charge on any atom is 0.151 e. The molecule has 0 atom stereocenters. The smallest absolute Gasteiger partial charge is 0.151 e. The number of thiophene rings is 1. The Hall–Kier alpha value is -4.17. The highest BCUT2D eigenvalue weighted by Crippen LogP contribution is 2.36. The van der Waals surface area contributed by atoms with Crippen LogP contribution in [-0.2, 0) is 6.42 Å². The molecule has 6 rings (SSSR count). The van der Waals surface area contributed by atoms with Gasteiger partial charge in [-0.1, -0.05) is 30.3 Å². The first-order valence-corrected chi connectivity index (χ1v) is 12.0. The number of fused-ring (bicyclic) bond motifs is 2. The van der Waals surface area contributed by atoms with Gasteiger partial charge >= 0.3 is 0 Å². The Morgan fingerprint density at radius 2 is 1.97 bits per heavy atom. The molecule has 0 unspecified atom stereocenters. The summed E-state index contributed by atoms with van der Waals surface area (Å²) in [6.45, 7) is 0.860. The van der Waals surface area contributed by atoms with E-state index in [-0.39, 0.29) is 0 Å². The van der Waals surface area contributed by atoms with E-state index in [0.717, 1.165) is 57.0 Å². The molecule has 0 bridgehead atoms. The summed E-state index contributed by atoms with van der Waals surface area (Å²) in [7, 11) is 0. The molecule has 0 fully saturated rings. The fourth-order valence-electron chi connectivity index (χ4n) is 4.14. The van der Waals surface area contributed by atoms with Crippen LogP contribution in [-0.4, -0.2) is 31.2 Å². The van der Waals surface area contributed by atoms with Crippen LogP contribution in [0.3, 0.4) is 0 Å². The van der Waals surface area contributed by atoms with E-state index in [2.05, 4.69) is 90.9 Å². The van der Waals surface area contributed by atoms with Crippen molar-refractivity contribution in [3.63, 3.8) is 0 Å². The standard InChI is InChI=1S/C26H23N7S/c1-2-5-19(6-3-1)7-4-13-33(32-14-12-27-18-32)24-16-23-25(34-24)26(30-17-29-23)31-21-8-9-22-20(15-21)10-11-28-22/h1-3,5-6,8-12,14-18,28H,4,7,13H2,(H,29,30,31). The second kappa shape index (κ2) is 8.99. The van der Waals surface area contributed by atoms with Gasteiger partial charge in [-0.05, 0) is 42.7 Å². The second-order valence-electron chi connectivity index (χ2n) is 8.08. The summed E-state index contributed by atoms with van der Waals surface area (Å²) in [6.07, 6.45) is 11.2. The maximum absolute atomic E-state index is 4.55. The van der Waals surface area contributed by atoms with Crippen LogP contribution in [0.25, 0.3) is 21.1 Å². The highest BCUT2D eigenvalue weighted by Gasteiger charge is 2.16. The van der Waals surface area contributed by atoms with E-state index >= 15 is 0 Å². The lowest BCUT2D eigenvalue weighted by Gasteiger charge is -2.23.